The number of hydrogen-bond acceptors (Lipinski definition) is 3. The van der Waals surface area contributed by atoms with Crippen molar-refractivity contribution in [2.45, 2.75) is 26.1 Å². The number of alkyl halides is 3. The monoisotopic (exact) mass is 304 g/mol. The molecule has 0 spiro atoms. The largest absolute Gasteiger partial charge is 0.494 e. The van der Waals surface area contributed by atoms with Gasteiger partial charge in [-0.05, 0) is 38.2 Å². The molecule has 0 bridgehead atoms. The first kappa shape index (κ1) is 17.8. The molecule has 1 atom stereocenters. The van der Waals surface area contributed by atoms with E-state index in [0.717, 1.165) is 11.3 Å². The predicted octanol–water partition coefficient (Wildman–Crippen LogP) is 3.23. The number of ether oxygens (including phenoxy) is 1. The molecular formula is C15H23F3N2O. The number of rotatable bonds is 8. The van der Waals surface area contributed by atoms with Crippen molar-refractivity contribution in [1.82, 2.24) is 10.2 Å². The molecule has 0 radical (unpaired) electrons. The van der Waals surface area contributed by atoms with E-state index in [1.165, 1.54) is 11.9 Å². The Morgan fingerprint density at radius 3 is 2.29 bits per heavy atom. The summed E-state index contributed by atoms with van der Waals surface area (Å²) in [5.74, 6) is 0.764. The van der Waals surface area contributed by atoms with Gasteiger partial charge < -0.3 is 10.1 Å². The summed E-state index contributed by atoms with van der Waals surface area (Å²) < 4.78 is 42.6. The zero-order valence-electron chi connectivity index (χ0n) is 12.7. The van der Waals surface area contributed by atoms with Crippen molar-refractivity contribution < 1.29 is 17.9 Å². The van der Waals surface area contributed by atoms with Gasteiger partial charge in [0.05, 0.1) is 13.2 Å². The molecule has 0 heterocycles. The lowest BCUT2D eigenvalue weighted by Gasteiger charge is -2.26. The van der Waals surface area contributed by atoms with Crippen molar-refractivity contribution in [1.29, 1.82) is 0 Å². The highest BCUT2D eigenvalue weighted by Gasteiger charge is 2.30. The fourth-order valence-electron chi connectivity index (χ4n) is 2.18. The van der Waals surface area contributed by atoms with Gasteiger partial charge in [0.2, 0.25) is 0 Å². The fraction of sp³-hybridized carbons (Fsp3) is 0.600. The molecule has 0 saturated heterocycles. The van der Waals surface area contributed by atoms with Crippen LogP contribution in [0.25, 0.3) is 0 Å². The lowest BCUT2D eigenvalue weighted by Crippen LogP contribution is -2.38. The van der Waals surface area contributed by atoms with Gasteiger partial charge in [0, 0.05) is 12.6 Å². The Morgan fingerprint density at radius 2 is 1.81 bits per heavy atom. The van der Waals surface area contributed by atoms with Crippen LogP contribution in [0, 0.1) is 0 Å². The van der Waals surface area contributed by atoms with Crippen LogP contribution in [-0.4, -0.2) is 44.4 Å². The first-order chi connectivity index (χ1) is 9.85. The normalized spacial score (nSPS) is 13.5. The molecule has 0 fully saturated rings. The third-order valence-corrected chi connectivity index (χ3v) is 2.99. The van der Waals surface area contributed by atoms with Crippen LogP contribution in [0.1, 0.15) is 25.5 Å². The molecule has 0 aliphatic rings. The number of halogens is 3. The number of nitrogens with zero attached hydrogens (tertiary/aromatic N) is 1. The molecule has 0 amide bonds. The van der Waals surface area contributed by atoms with E-state index >= 15 is 0 Å². The van der Waals surface area contributed by atoms with Crippen LogP contribution in [0.15, 0.2) is 24.3 Å². The topological polar surface area (TPSA) is 24.5 Å². The molecule has 120 valence electrons. The van der Waals surface area contributed by atoms with Crippen molar-refractivity contribution in [3.05, 3.63) is 29.8 Å². The number of benzene rings is 1. The van der Waals surface area contributed by atoms with Crippen LogP contribution in [-0.2, 0) is 0 Å². The lowest BCUT2D eigenvalue weighted by atomic mass is 10.1. The highest BCUT2D eigenvalue weighted by molar-refractivity contribution is 5.29. The zero-order chi connectivity index (χ0) is 15.9. The van der Waals surface area contributed by atoms with Gasteiger partial charge in [0.25, 0.3) is 0 Å². The summed E-state index contributed by atoms with van der Waals surface area (Å²) in [4.78, 5) is 1.28. The minimum atomic E-state index is -4.18. The molecule has 0 aliphatic carbocycles. The van der Waals surface area contributed by atoms with E-state index in [2.05, 4.69) is 5.32 Å². The summed E-state index contributed by atoms with van der Waals surface area (Å²) >= 11 is 0. The fourth-order valence-corrected chi connectivity index (χ4v) is 2.18. The van der Waals surface area contributed by atoms with Gasteiger partial charge in [-0.3, -0.25) is 4.90 Å². The van der Waals surface area contributed by atoms with E-state index in [4.69, 9.17) is 4.74 Å². The quantitative estimate of drug-likeness (QED) is 0.798. The van der Waals surface area contributed by atoms with Crippen LogP contribution in [0.3, 0.4) is 0 Å². The maximum absolute atomic E-state index is 12.4. The van der Waals surface area contributed by atoms with Crippen LogP contribution in [0.4, 0.5) is 13.2 Å². The second-order valence-electron chi connectivity index (χ2n) is 4.92. The Hall–Kier alpha value is -1.27. The minimum Gasteiger partial charge on any atom is -0.494 e. The second-order valence-corrected chi connectivity index (χ2v) is 4.92. The zero-order valence-corrected chi connectivity index (χ0v) is 12.7. The first-order valence-corrected chi connectivity index (χ1v) is 7.07. The lowest BCUT2D eigenvalue weighted by molar-refractivity contribution is -0.143. The molecule has 0 saturated carbocycles. The van der Waals surface area contributed by atoms with E-state index in [1.807, 2.05) is 38.1 Å². The molecule has 21 heavy (non-hydrogen) atoms. The molecule has 1 aromatic rings. The average Bonchev–Trinajstić information content (AvgIpc) is 2.37. The number of hydrogen-bond donors (Lipinski definition) is 1. The van der Waals surface area contributed by atoms with Crippen molar-refractivity contribution in [2.75, 3.05) is 33.3 Å². The van der Waals surface area contributed by atoms with Crippen LogP contribution in [0.2, 0.25) is 0 Å². The Balaban J connectivity index is 2.71. The van der Waals surface area contributed by atoms with E-state index < -0.39 is 12.7 Å². The third-order valence-electron chi connectivity index (χ3n) is 2.99. The van der Waals surface area contributed by atoms with Crippen molar-refractivity contribution in [2.24, 2.45) is 0 Å². The van der Waals surface area contributed by atoms with E-state index in [-0.39, 0.29) is 6.04 Å². The molecule has 1 aromatic carbocycles. The Labute approximate surface area is 124 Å². The summed E-state index contributed by atoms with van der Waals surface area (Å²) in [6.07, 6.45) is -4.18. The van der Waals surface area contributed by atoms with Gasteiger partial charge in [-0.25, -0.2) is 0 Å². The van der Waals surface area contributed by atoms with Gasteiger partial charge in [0.15, 0.2) is 0 Å². The Bertz CT molecular complexity index is 406. The SMILES string of the molecule is CCNC(CN(C)CC(F)(F)F)c1ccc(OCC)cc1. The third kappa shape index (κ3) is 6.82. The molecule has 1 unspecified atom stereocenters. The standard InChI is InChI=1S/C15H23F3N2O/c1-4-19-14(10-20(3)11-15(16,17)18)12-6-8-13(9-7-12)21-5-2/h6-9,14,19H,4-5,10-11H2,1-3H3. The number of nitrogens with one attached hydrogen (secondary N) is 1. The van der Waals surface area contributed by atoms with Gasteiger partial charge in [-0.2, -0.15) is 13.2 Å². The molecule has 0 aliphatic heterocycles. The summed E-state index contributed by atoms with van der Waals surface area (Å²) in [6.45, 7) is 4.50. The Morgan fingerprint density at radius 1 is 1.19 bits per heavy atom. The van der Waals surface area contributed by atoms with Crippen LogP contribution >= 0.6 is 0 Å². The summed E-state index contributed by atoms with van der Waals surface area (Å²) in [6, 6.07) is 7.32. The van der Waals surface area contributed by atoms with E-state index in [1.54, 1.807) is 0 Å². The second kappa shape index (κ2) is 8.24. The summed E-state index contributed by atoms with van der Waals surface area (Å²) in [5.41, 5.74) is 0.953. The molecule has 1 rings (SSSR count). The van der Waals surface area contributed by atoms with Crippen molar-refractivity contribution >= 4 is 0 Å². The van der Waals surface area contributed by atoms with Gasteiger partial charge in [0.1, 0.15) is 5.75 Å². The molecule has 0 aromatic heterocycles. The van der Waals surface area contributed by atoms with Crippen molar-refractivity contribution in [3.63, 3.8) is 0 Å². The minimum absolute atomic E-state index is 0.141. The van der Waals surface area contributed by atoms with Crippen LogP contribution < -0.4 is 10.1 Å². The van der Waals surface area contributed by atoms with Crippen LogP contribution in [0.5, 0.6) is 5.75 Å². The van der Waals surface area contributed by atoms with E-state index in [0.29, 0.717) is 19.7 Å². The number of likely N-dealkylation sites (N-methyl/N-ethyl adjacent to an activating group) is 2. The maximum Gasteiger partial charge on any atom is 0.401 e. The smallest absolute Gasteiger partial charge is 0.401 e. The Kier molecular flexibility index (Phi) is 6.98. The van der Waals surface area contributed by atoms with E-state index in [9.17, 15) is 13.2 Å². The summed E-state index contributed by atoms with van der Waals surface area (Å²) in [7, 11) is 1.48. The maximum atomic E-state index is 12.4. The molecule has 1 N–H and O–H groups in total. The summed E-state index contributed by atoms with van der Waals surface area (Å²) in [5, 5.41) is 3.22. The van der Waals surface area contributed by atoms with Gasteiger partial charge in [-0.1, -0.05) is 19.1 Å². The van der Waals surface area contributed by atoms with Crippen molar-refractivity contribution in [3.8, 4) is 5.75 Å². The predicted molar refractivity (Wildman–Crippen MR) is 77.6 cm³/mol. The molecular weight excluding hydrogens is 281 g/mol. The first-order valence-electron chi connectivity index (χ1n) is 7.07. The highest BCUT2D eigenvalue weighted by atomic mass is 19.4. The van der Waals surface area contributed by atoms with Gasteiger partial charge in [-0.15, -0.1) is 0 Å². The highest BCUT2D eigenvalue weighted by Crippen LogP contribution is 2.21. The molecule has 6 heteroatoms. The van der Waals surface area contributed by atoms with Gasteiger partial charge >= 0.3 is 6.18 Å². The average molecular weight is 304 g/mol. The molecule has 3 nitrogen and oxygen atoms in total.